The molecule has 0 spiro atoms. The predicted molar refractivity (Wildman–Crippen MR) is 49.3 cm³/mol. The van der Waals surface area contributed by atoms with Crippen molar-refractivity contribution in [3.63, 3.8) is 0 Å². The van der Waals surface area contributed by atoms with Crippen LogP contribution in [-0.4, -0.2) is 0 Å². The van der Waals surface area contributed by atoms with Gasteiger partial charge in [-0.15, -0.1) is 0 Å². The molecule has 1 aliphatic rings. The van der Waals surface area contributed by atoms with Gasteiger partial charge < -0.3 is 0 Å². The molecule has 0 heterocycles. The summed E-state index contributed by atoms with van der Waals surface area (Å²) in [6.45, 7) is 2.15. The molecular formula is C10H13Cl. The van der Waals surface area contributed by atoms with Crippen LogP contribution < -0.4 is 0 Å². The maximum Gasteiger partial charge on any atom is 0.0421 e. The zero-order valence-corrected chi connectivity index (χ0v) is 7.62. The first-order valence-corrected chi connectivity index (χ1v) is 4.50. The summed E-state index contributed by atoms with van der Waals surface area (Å²) in [5.41, 5.74) is 1.40. The molecule has 0 saturated heterocycles. The van der Waals surface area contributed by atoms with Crippen LogP contribution in [0.3, 0.4) is 0 Å². The van der Waals surface area contributed by atoms with E-state index in [2.05, 4.69) is 24.3 Å². The minimum Gasteiger partial charge on any atom is -0.0844 e. The Morgan fingerprint density at radius 2 is 2.36 bits per heavy atom. The van der Waals surface area contributed by atoms with Crippen LogP contribution in [0.2, 0.25) is 0 Å². The summed E-state index contributed by atoms with van der Waals surface area (Å²) in [7, 11) is 0. The Kier molecular flexibility index (Phi) is 3.52. The van der Waals surface area contributed by atoms with E-state index in [1.165, 1.54) is 31.3 Å². The minimum atomic E-state index is 0.426. The smallest absolute Gasteiger partial charge is 0.0421 e. The van der Waals surface area contributed by atoms with Crippen LogP contribution in [0.25, 0.3) is 0 Å². The normalized spacial score (nSPS) is 24.5. The van der Waals surface area contributed by atoms with Gasteiger partial charge in [-0.3, -0.25) is 0 Å². The lowest BCUT2D eigenvalue weighted by Crippen LogP contribution is -1.96. The van der Waals surface area contributed by atoms with Gasteiger partial charge in [-0.25, -0.2) is 0 Å². The van der Waals surface area contributed by atoms with Gasteiger partial charge in [0, 0.05) is 11.3 Å². The number of hydrogen-bond acceptors (Lipinski definition) is 0. The minimum absolute atomic E-state index is 0.426. The molecule has 0 aromatic carbocycles. The fraction of sp³-hybridized carbons (Fsp3) is 0.600. The van der Waals surface area contributed by atoms with Crippen molar-refractivity contribution in [2.45, 2.75) is 32.6 Å². The van der Waals surface area contributed by atoms with Crippen LogP contribution in [0.4, 0.5) is 0 Å². The van der Waals surface area contributed by atoms with Crippen molar-refractivity contribution in [3.8, 4) is 11.3 Å². The number of halogens is 1. The molecule has 1 aliphatic carbocycles. The summed E-state index contributed by atoms with van der Waals surface area (Å²) in [5.74, 6) is 3.45. The Morgan fingerprint density at radius 3 is 3.09 bits per heavy atom. The standard InChI is InChI=1S/C10H13Cl/c1-9-5-3-2-4-6-10(9)7-8-11/h5,10H,2-4,6H2,1H3. The molecule has 0 aromatic heterocycles. The second-order valence-electron chi connectivity index (χ2n) is 3.02. The first-order chi connectivity index (χ1) is 5.34. The Labute approximate surface area is 73.6 Å². The van der Waals surface area contributed by atoms with Gasteiger partial charge in [0.05, 0.1) is 0 Å². The van der Waals surface area contributed by atoms with E-state index in [-0.39, 0.29) is 0 Å². The van der Waals surface area contributed by atoms with Crippen molar-refractivity contribution in [1.29, 1.82) is 0 Å². The summed E-state index contributed by atoms with van der Waals surface area (Å²) in [6.07, 6.45) is 7.27. The topological polar surface area (TPSA) is 0 Å². The molecule has 0 bridgehead atoms. The molecular weight excluding hydrogens is 156 g/mol. The van der Waals surface area contributed by atoms with Crippen molar-refractivity contribution in [2.75, 3.05) is 0 Å². The predicted octanol–water partition coefficient (Wildman–Crippen LogP) is 3.32. The maximum absolute atomic E-state index is 5.37. The van der Waals surface area contributed by atoms with Crippen molar-refractivity contribution in [2.24, 2.45) is 5.92 Å². The van der Waals surface area contributed by atoms with Gasteiger partial charge in [-0.1, -0.05) is 24.0 Å². The van der Waals surface area contributed by atoms with E-state index in [1.54, 1.807) is 0 Å². The molecule has 1 unspecified atom stereocenters. The molecule has 1 heteroatoms. The maximum atomic E-state index is 5.37. The third-order valence-electron chi connectivity index (χ3n) is 2.19. The number of rotatable bonds is 0. The first-order valence-electron chi connectivity index (χ1n) is 4.12. The third kappa shape index (κ3) is 2.60. The molecule has 0 radical (unpaired) electrons. The van der Waals surface area contributed by atoms with E-state index >= 15 is 0 Å². The van der Waals surface area contributed by atoms with Crippen LogP contribution in [0, 0.1) is 17.2 Å². The molecule has 0 amide bonds. The van der Waals surface area contributed by atoms with Gasteiger partial charge in [-0.2, -0.15) is 0 Å². The summed E-state index contributed by atoms with van der Waals surface area (Å²) in [5, 5.41) is 2.48. The average molecular weight is 169 g/mol. The lowest BCUT2D eigenvalue weighted by molar-refractivity contribution is 0.642. The van der Waals surface area contributed by atoms with E-state index in [9.17, 15) is 0 Å². The van der Waals surface area contributed by atoms with Gasteiger partial charge in [0.15, 0.2) is 0 Å². The highest BCUT2D eigenvalue weighted by molar-refractivity contribution is 6.30. The molecule has 1 atom stereocenters. The monoisotopic (exact) mass is 168 g/mol. The van der Waals surface area contributed by atoms with Crippen LogP contribution in [0.15, 0.2) is 11.6 Å². The highest BCUT2D eigenvalue weighted by Gasteiger charge is 2.09. The van der Waals surface area contributed by atoms with E-state index in [0.29, 0.717) is 5.92 Å². The zero-order valence-electron chi connectivity index (χ0n) is 6.86. The molecule has 1 rings (SSSR count). The molecule has 0 aromatic rings. The molecule has 60 valence electrons. The summed E-state index contributed by atoms with van der Waals surface area (Å²) >= 11 is 5.37. The number of hydrogen-bond donors (Lipinski definition) is 0. The van der Waals surface area contributed by atoms with E-state index < -0.39 is 0 Å². The fourth-order valence-corrected chi connectivity index (χ4v) is 1.58. The highest BCUT2D eigenvalue weighted by atomic mass is 35.5. The van der Waals surface area contributed by atoms with Gasteiger partial charge in [0.25, 0.3) is 0 Å². The van der Waals surface area contributed by atoms with E-state index in [4.69, 9.17) is 11.6 Å². The van der Waals surface area contributed by atoms with Crippen LogP contribution >= 0.6 is 11.6 Å². The van der Waals surface area contributed by atoms with Crippen molar-refractivity contribution < 1.29 is 0 Å². The zero-order chi connectivity index (χ0) is 8.10. The van der Waals surface area contributed by atoms with Crippen LogP contribution in [0.5, 0.6) is 0 Å². The van der Waals surface area contributed by atoms with Gasteiger partial charge in [0.1, 0.15) is 0 Å². The first kappa shape index (κ1) is 8.68. The third-order valence-corrected chi connectivity index (χ3v) is 2.30. The Bertz CT molecular complexity index is 205. The van der Waals surface area contributed by atoms with Crippen molar-refractivity contribution in [3.05, 3.63) is 11.6 Å². The van der Waals surface area contributed by atoms with Crippen molar-refractivity contribution in [1.82, 2.24) is 0 Å². The SMILES string of the molecule is CC1=CCCCCC1C#CCl. The fourth-order valence-electron chi connectivity index (χ4n) is 1.44. The van der Waals surface area contributed by atoms with Crippen molar-refractivity contribution >= 4 is 11.6 Å². The summed E-state index contributed by atoms with van der Waals surface area (Å²) in [6, 6.07) is 0. The number of allylic oxidation sites excluding steroid dienone is 2. The Hall–Kier alpha value is -0.410. The van der Waals surface area contributed by atoms with E-state index in [1.807, 2.05) is 0 Å². The Morgan fingerprint density at radius 1 is 1.55 bits per heavy atom. The summed E-state index contributed by atoms with van der Waals surface area (Å²) < 4.78 is 0. The highest BCUT2D eigenvalue weighted by Crippen LogP contribution is 2.22. The molecule has 0 aliphatic heterocycles. The van der Waals surface area contributed by atoms with Gasteiger partial charge >= 0.3 is 0 Å². The van der Waals surface area contributed by atoms with Crippen LogP contribution in [0.1, 0.15) is 32.6 Å². The lowest BCUT2D eigenvalue weighted by Gasteiger charge is -2.06. The molecule has 0 saturated carbocycles. The molecule has 0 fully saturated rings. The largest absolute Gasteiger partial charge is 0.0844 e. The lowest BCUT2D eigenvalue weighted by atomic mass is 9.98. The molecule has 0 N–H and O–H groups in total. The van der Waals surface area contributed by atoms with Crippen LogP contribution in [-0.2, 0) is 0 Å². The molecule has 0 nitrogen and oxygen atoms in total. The second kappa shape index (κ2) is 4.46. The van der Waals surface area contributed by atoms with E-state index in [0.717, 1.165) is 0 Å². The average Bonchev–Trinajstić information content (AvgIpc) is 2.18. The quantitative estimate of drug-likeness (QED) is 0.385. The second-order valence-corrected chi connectivity index (χ2v) is 3.21. The summed E-state index contributed by atoms with van der Waals surface area (Å²) in [4.78, 5) is 0. The van der Waals surface area contributed by atoms with Gasteiger partial charge in [0.2, 0.25) is 0 Å². The Balaban J connectivity index is 2.65. The molecule has 11 heavy (non-hydrogen) atoms. The van der Waals surface area contributed by atoms with Gasteiger partial charge in [-0.05, 0) is 37.8 Å².